The summed E-state index contributed by atoms with van der Waals surface area (Å²) in [6.45, 7) is 4.74. The lowest BCUT2D eigenvalue weighted by molar-refractivity contribution is -0.144. The van der Waals surface area contributed by atoms with E-state index in [-0.39, 0.29) is 0 Å². The molecule has 0 spiro atoms. The van der Waals surface area contributed by atoms with Crippen LogP contribution >= 0.6 is 0 Å². The molecule has 1 atom stereocenters. The zero-order valence-corrected chi connectivity index (χ0v) is 10.8. The largest absolute Gasteiger partial charge is 0.480 e. The van der Waals surface area contributed by atoms with Crippen LogP contribution in [0.15, 0.2) is 0 Å². The Bertz CT molecular complexity index is 258. The summed E-state index contributed by atoms with van der Waals surface area (Å²) in [5.41, 5.74) is -1.19. The van der Waals surface area contributed by atoms with Gasteiger partial charge in [0, 0.05) is 6.54 Å². The molecule has 17 heavy (non-hydrogen) atoms. The molecule has 0 aromatic heterocycles. The molecule has 0 aliphatic heterocycles. The fraction of sp³-hybridized carbons (Fsp3) is 0.818. The van der Waals surface area contributed by atoms with Crippen molar-refractivity contribution in [2.45, 2.75) is 38.6 Å². The van der Waals surface area contributed by atoms with E-state index in [1.54, 1.807) is 0 Å². The molecule has 0 heterocycles. The van der Waals surface area contributed by atoms with Crippen LogP contribution in [0.25, 0.3) is 0 Å². The topological polar surface area (TPSA) is 90.5 Å². The standard InChI is InChI=1S/C11H23N3O3/c1-4-6-11(2,9(15)16)14-10(17)13-8-5-7-12-3/h12H,4-8H2,1-3H3,(H,15,16)(H2,13,14,17). The molecular weight excluding hydrogens is 222 g/mol. The molecular formula is C11H23N3O3. The van der Waals surface area contributed by atoms with E-state index >= 15 is 0 Å². The number of amides is 2. The highest BCUT2D eigenvalue weighted by Crippen LogP contribution is 2.12. The van der Waals surface area contributed by atoms with E-state index < -0.39 is 17.5 Å². The van der Waals surface area contributed by atoms with Gasteiger partial charge in [-0.25, -0.2) is 9.59 Å². The van der Waals surface area contributed by atoms with Crippen molar-refractivity contribution < 1.29 is 14.7 Å². The second-order valence-corrected chi connectivity index (χ2v) is 4.23. The van der Waals surface area contributed by atoms with E-state index in [9.17, 15) is 9.59 Å². The van der Waals surface area contributed by atoms with Gasteiger partial charge in [0.2, 0.25) is 0 Å². The number of hydrogen-bond acceptors (Lipinski definition) is 3. The third-order valence-electron chi connectivity index (χ3n) is 2.50. The lowest BCUT2D eigenvalue weighted by Gasteiger charge is -2.25. The van der Waals surface area contributed by atoms with Gasteiger partial charge in [0.1, 0.15) is 5.54 Å². The van der Waals surface area contributed by atoms with Gasteiger partial charge >= 0.3 is 12.0 Å². The van der Waals surface area contributed by atoms with Crippen LogP contribution in [0, 0.1) is 0 Å². The second-order valence-electron chi connectivity index (χ2n) is 4.23. The van der Waals surface area contributed by atoms with Gasteiger partial charge in [-0.3, -0.25) is 0 Å². The van der Waals surface area contributed by atoms with Crippen molar-refractivity contribution >= 4 is 12.0 Å². The number of carboxylic acids is 1. The Balaban J connectivity index is 4.09. The number of aliphatic carboxylic acids is 1. The molecule has 0 saturated carbocycles. The quantitative estimate of drug-likeness (QED) is 0.470. The Kier molecular flexibility index (Phi) is 7.29. The van der Waals surface area contributed by atoms with Crippen LogP contribution in [-0.2, 0) is 4.79 Å². The average molecular weight is 245 g/mol. The SMILES string of the molecule is CCCC(C)(NC(=O)NCCCNC)C(=O)O. The smallest absolute Gasteiger partial charge is 0.329 e. The Morgan fingerprint density at radius 2 is 1.94 bits per heavy atom. The van der Waals surface area contributed by atoms with Crippen LogP contribution in [0.3, 0.4) is 0 Å². The van der Waals surface area contributed by atoms with E-state index in [0.717, 1.165) is 13.0 Å². The average Bonchev–Trinajstić information content (AvgIpc) is 2.24. The molecule has 0 aromatic carbocycles. The first kappa shape index (κ1) is 15.7. The molecule has 0 aliphatic carbocycles. The Morgan fingerprint density at radius 3 is 2.41 bits per heavy atom. The Hall–Kier alpha value is -1.30. The summed E-state index contributed by atoms with van der Waals surface area (Å²) in [7, 11) is 1.84. The van der Waals surface area contributed by atoms with Crippen LogP contribution in [0.2, 0.25) is 0 Å². The van der Waals surface area contributed by atoms with E-state index in [0.29, 0.717) is 19.4 Å². The number of carboxylic acid groups (broad SMARTS) is 1. The summed E-state index contributed by atoms with van der Waals surface area (Å²) in [6, 6.07) is -0.431. The first-order chi connectivity index (χ1) is 7.96. The molecule has 0 saturated heterocycles. The second kappa shape index (κ2) is 7.89. The number of rotatable bonds is 8. The van der Waals surface area contributed by atoms with Crippen molar-refractivity contribution in [3.05, 3.63) is 0 Å². The highest BCUT2D eigenvalue weighted by atomic mass is 16.4. The fourth-order valence-electron chi connectivity index (χ4n) is 1.48. The normalized spacial score (nSPS) is 13.8. The molecule has 4 N–H and O–H groups in total. The van der Waals surface area contributed by atoms with E-state index in [4.69, 9.17) is 5.11 Å². The van der Waals surface area contributed by atoms with Gasteiger partial charge < -0.3 is 21.1 Å². The molecule has 0 bridgehead atoms. The van der Waals surface area contributed by atoms with Crippen molar-refractivity contribution in [3.63, 3.8) is 0 Å². The minimum Gasteiger partial charge on any atom is -0.480 e. The Morgan fingerprint density at radius 1 is 1.29 bits per heavy atom. The van der Waals surface area contributed by atoms with Crippen LogP contribution in [0.5, 0.6) is 0 Å². The number of urea groups is 1. The van der Waals surface area contributed by atoms with Crippen LogP contribution in [0.4, 0.5) is 4.79 Å². The first-order valence-corrected chi connectivity index (χ1v) is 5.90. The summed E-state index contributed by atoms with van der Waals surface area (Å²) >= 11 is 0. The third-order valence-corrected chi connectivity index (χ3v) is 2.50. The molecule has 1 unspecified atom stereocenters. The van der Waals surface area contributed by atoms with E-state index in [1.165, 1.54) is 6.92 Å². The fourth-order valence-corrected chi connectivity index (χ4v) is 1.48. The third kappa shape index (κ3) is 6.11. The molecule has 0 fully saturated rings. The highest BCUT2D eigenvalue weighted by Gasteiger charge is 2.33. The Labute approximate surface area is 102 Å². The maximum Gasteiger partial charge on any atom is 0.329 e. The van der Waals surface area contributed by atoms with E-state index in [1.807, 2.05) is 14.0 Å². The van der Waals surface area contributed by atoms with Gasteiger partial charge in [-0.05, 0) is 33.4 Å². The molecule has 100 valence electrons. The zero-order valence-electron chi connectivity index (χ0n) is 10.8. The lowest BCUT2D eigenvalue weighted by Crippen LogP contribution is -2.55. The maximum absolute atomic E-state index is 11.5. The number of hydrogen-bond donors (Lipinski definition) is 4. The van der Waals surface area contributed by atoms with Gasteiger partial charge in [-0.15, -0.1) is 0 Å². The van der Waals surface area contributed by atoms with Crippen molar-refractivity contribution in [1.82, 2.24) is 16.0 Å². The first-order valence-electron chi connectivity index (χ1n) is 5.90. The highest BCUT2D eigenvalue weighted by molar-refractivity contribution is 5.85. The molecule has 2 amide bonds. The molecule has 6 nitrogen and oxygen atoms in total. The van der Waals surface area contributed by atoms with Crippen LogP contribution in [-0.4, -0.2) is 42.8 Å². The minimum atomic E-state index is -1.19. The maximum atomic E-state index is 11.5. The lowest BCUT2D eigenvalue weighted by atomic mass is 9.97. The van der Waals surface area contributed by atoms with Crippen molar-refractivity contribution in [2.24, 2.45) is 0 Å². The summed E-state index contributed by atoms with van der Waals surface area (Å²) < 4.78 is 0. The number of nitrogens with one attached hydrogen (secondary N) is 3. The molecule has 0 rings (SSSR count). The van der Waals surface area contributed by atoms with Crippen molar-refractivity contribution in [1.29, 1.82) is 0 Å². The van der Waals surface area contributed by atoms with Gasteiger partial charge in [-0.1, -0.05) is 13.3 Å². The van der Waals surface area contributed by atoms with Gasteiger partial charge in [0.15, 0.2) is 0 Å². The van der Waals surface area contributed by atoms with Crippen LogP contribution < -0.4 is 16.0 Å². The molecule has 0 aromatic rings. The molecule has 0 aliphatic rings. The minimum absolute atomic E-state index is 0.409. The summed E-state index contributed by atoms with van der Waals surface area (Å²) in [5, 5.41) is 17.2. The molecule has 6 heteroatoms. The van der Waals surface area contributed by atoms with Gasteiger partial charge in [0.25, 0.3) is 0 Å². The summed E-state index contributed by atoms with van der Waals surface area (Å²) in [6.07, 6.45) is 1.91. The summed E-state index contributed by atoms with van der Waals surface area (Å²) in [5.74, 6) is -1.01. The van der Waals surface area contributed by atoms with Gasteiger partial charge in [0.05, 0.1) is 0 Å². The number of carbonyl (C=O) groups is 2. The number of carbonyl (C=O) groups excluding carboxylic acids is 1. The van der Waals surface area contributed by atoms with Gasteiger partial charge in [-0.2, -0.15) is 0 Å². The van der Waals surface area contributed by atoms with Crippen LogP contribution in [0.1, 0.15) is 33.1 Å². The predicted octanol–water partition coefficient (Wildman–Crippen LogP) is 0.539. The van der Waals surface area contributed by atoms with E-state index in [2.05, 4.69) is 16.0 Å². The van der Waals surface area contributed by atoms with Crippen molar-refractivity contribution in [3.8, 4) is 0 Å². The van der Waals surface area contributed by atoms with Crippen molar-refractivity contribution in [2.75, 3.05) is 20.1 Å². The summed E-state index contributed by atoms with van der Waals surface area (Å²) in [4.78, 5) is 22.6. The monoisotopic (exact) mass is 245 g/mol. The molecule has 0 radical (unpaired) electrons. The predicted molar refractivity (Wildman–Crippen MR) is 66.0 cm³/mol. The zero-order chi connectivity index (χ0) is 13.3.